The number of nitrogens with one attached hydrogen (secondary N) is 1. The van der Waals surface area contributed by atoms with Gasteiger partial charge in [-0.15, -0.1) is 5.10 Å². The van der Waals surface area contributed by atoms with Crippen molar-refractivity contribution in [3.05, 3.63) is 65.7 Å². The summed E-state index contributed by atoms with van der Waals surface area (Å²) in [4.78, 5) is 12.5. The summed E-state index contributed by atoms with van der Waals surface area (Å²) >= 11 is 1.21. The number of carbonyl (C=O) groups is 1. The molecular formula is C18H17F2N5O2S. The van der Waals surface area contributed by atoms with Crippen LogP contribution in [0.4, 0.5) is 8.78 Å². The van der Waals surface area contributed by atoms with Gasteiger partial charge in [-0.25, -0.2) is 4.68 Å². The van der Waals surface area contributed by atoms with E-state index in [2.05, 4.69) is 25.6 Å². The molecule has 1 N–H and O–H groups in total. The SMILES string of the molecule is Cn1nnnc1SCC(=O)N[C@@H](c1ccccc1)c1ccc(OC(F)F)cc1. The molecule has 1 aromatic heterocycles. The molecule has 0 radical (unpaired) electrons. The van der Waals surface area contributed by atoms with Crippen LogP contribution in [0.5, 0.6) is 5.75 Å². The molecule has 1 amide bonds. The van der Waals surface area contributed by atoms with Gasteiger partial charge in [-0.1, -0.05) is 54.2 Å². The first-order valence-corrected chi connectivity index (χ1v) is 9.25. The van der Waals surface area contributed by atoms with Crippen molar-refractivity contribution in [2.75, 3.05) is 5.75 Å². The zero-order valence-corrected chi connectivity index (χ0v) is 15.6. The van der Waals surface area contributed by atoms with Gasteiger partial charge >= 0.3 is 6.61 Å². The molecule has 7 nitrogen and oxygen atoms in total. The fraction of sp³-hybridized carbons (Fsp3) is 0.222. The number of benzene rings is 2. The summed E-state index contributed by atoms with van der Waals surface area (Å²) in [5.41, 5.74) is 1.61. The summed E-state index contributed by atoms with van der Waals surface area (Å²) in [6.07, 6.45) is 0. The Balaban J connectivity index is 1.74. The smallest absolute Gasteiger partial charge is 0.387 e. The van der Waals surface area contributed by atoms with Crippen LogP contribution >= 0.6 is 11.8 Å². The van der Waals surface area contributed by atoms with Crippen molar-refractivity contribution >= 4 is 17.7 Å². The second-order valence-corrected chi connectivity index (χ2v) is 6.67. The van der Waals surface area contributed by atoms with E-state index in [9.17, 15) is 13.6 Å². The molecule has 3 aromatic rings. The average Bonchev–Trinajstić information content (AvgIpc) is 3.10. The molecule has 0 unspecified atom stereocenters. The lowest BCUT2D eigenvalue weighted by Gasteiger charge is -2.20. The van der Waals surface area contributed by atoms with Crippen LogP contribution in [0.25, 0.3) is 0 Å². The van der Waals surface area contributed by atoms with E-state index < -0.39 is 12.7 Å². The average molecular weight is 405 g/mol. The highest BCUT2D eigenvalue weighted by Gasteiger charge is 2.18. The van der Waals surface area contributed by atoms with Gasteiger partial charge in [0.15, 0.2) is 0 Å². The van der Waals surface area contributed by atoms with E-state index in [4.69, 9.17) is 0 Å². The maximum atomic E-state index is 12.5. The quantitative estimate of drug-likeness (QED) is 0.581. The Bertz CT molecular complexity index is 906. The zero-order chi connectivity index (χ0) is 19.9. The second-order valence-electron chi connectivity index (χ2n) is 5.73. The van der Waals surface area contributed by atoms with Crippen LogP contribution in [-0.4, -0.2) is 38.5 Å². The maximum Gasteiger partial charge on any atom is 0.387 e. The highest BCUT2D eigenvalue weighted by atomic mass is 32.2. The molecule has 28 heavy (non-hydrogen) atoms. The van der Waals surface area contributed by atoms with Crippen LogP contribution < -0.4 is 10.1 Å². The van der Waals surface area contributed by atoms with Crippen molar-refractivity contribution in [3.63, 3.8) is 0 Å². The van der Waals surface area contributed by atoms with E-state index in [-0.39, 0.29) is 17.4 Å². The van der Waals surface area contributed by atoms with Crippen molar-refractivity contribution in [1.82, 2.24) is 25.5 Å². The molecule has 0 aliphatic rings. The lowest BCUT2D eigenvalue weighted by atomic mass is 9.98. The first-order chi connectivity index (χ1) is 13.5. The number of ether oxygens (including phenoxy) is 1. The van der Waals surface area contributed by atoms with Gasteiger partial charge in [-0.3, -0.25) is 4.79 Å². The number of amides is 1. The van der Waals surface area contributed by atoms with E-state index in [1.165, 1.54) is 28.6 Å². The Kier molecular flexibility index (Phi) is 6.53. The van der Waals surface area contributed by atoms with Crippen molar-refractivity contribution in [3.8, 4) is 5.75 Å². The Hall–Kier alpha value is -3.01. The zero-order valence-electron chi connectivity index (χ0n) is 14.8. The Morgan fingerprint density at radius 1 is 1.14 bits per heavy atom. The molecule has 1 atom stereocenters. The van der Waals surface area contributed by atoms with Crippen molar-refractivity contribution in [1.29, 1.82) is 0 Å². The number of halogens is 2. The number of hydrogen-bond donors (Lipinski definition) is 1. The predicted molar refractivity (Wildman–Crippen MR) is 99.0 cm³/mol. The molecule has 0 saturated carbocycles. The van der Waals surface area contributed by atoms with E-state index in [1.54, 1.807) is 19.2 Å². The number of carbonyl (C=O) groups excluding carboxylic acids is 1. The third-order valence-corrected chi connectivity index (χ3v) is 4.80. The molecule has 0 aliphatic carbocycles. The molecule has 0 saturated heterocycles. The first-order valence-electron chi connectivity index (χ1n) is 8.27. The Morgan fingerprint density at radius 3 is 2.43 bits per heavy atom. The number of nitrogens with zero attached hydrogens (tertiary/aromatic N) is 4. The molecule has 2 aromatic carbocycles. The predicted octanol–water partition coefficient (Wildman–Crippen LogP) is 2.81. The number of alkyl halides is 2. The second kappa shape index (κ2) is 9.27. The third kappa shape index (κ3) is 5.26. The van der Waals surface area contributed by atoms with Crippen LogP contribution in [0, 0.1) is 0 Å². The lowest BCUT2D eigenvalue weighted by Crippen LogP contribution is -2.30. The molecular weight excluding hydrogens is 388 g/mol. The molecule has 10 heteroatoms. The maximum absolute atomic E-state index is 12.5. The van der Waals surface area contributed by atoms with E-state index in [0.717, 1.165) is 11.1 Å². The lowest BCUT2D eigenvalue weighted by molar-refractivity contribution is -0.119. The summed E-state index contributed by atoms with van der Waals surface area (Å²) in [5.74, 6) is -0.0265. The van der Waals surface area contributed by atoms with Gasteiger partial charge in [0.05, 0.1) is 11.8 Å². The molecule has 0 spiro atoms. The minimum atomic E-state index is -2.89. The molecule has 0 fully saturated rings. The molecule has 0 bridgehead atoms. The van der Waals surface area contributed by atoms with Crippen molar-refractivity contribution in [2.24, 2.45) is 7.05 Å². The fourth-order valence-electron chi connectivity index (χ4n) is 2.52. The number of hydrogen-bond acceptors (Lipinski definition) is 6. The first kappa shape index (κ1) is 19.7. The van der Waals surface area contributed by atoms with Crippen LogP contribution in [0.3, 0.4) is 0 Å². The minimum Gasteiger partial charge on any atom is -0.435 e. The van der Waals surface area contributed by atoms with E-state index >= 15 is 0 Å². The monoisotopic (exact) mass is 405 g/mol. The molecule has 1 heterocycles. The largest absolute Gasteiger partial charge is 0.435 e. The van der Waals surface area contributed by atoms with Crippen molar-refractivity contribution in [2.45, 2.75) is 17.8 Å². The minimum absolute atomic E-state index is 0.0576. The topological polar surface area (TPSA) is 81.9 Å². The van der Waals surface area contributed by atoms with Crippen LogP contribution in [-0.2, 0) is 11.8 Å². The van der Waals surface area contributed by atoms with Gasteiger partial charge in [-0.05, 0) is 33.7 Å². The van der Waals surface area contributed by atoms with Crippen LogP contribution in [0.15, 0.2) is 59.8 Å². The Labute approximate surface area is 164 Å². The number of tetrazole rings is 1. The number of aromatic nitrogens is 4. The van der Waals surface area contributed by atoms with Crippen LogP contribution in [0.2, 0.25) is 0 Å². The normalized spacial score (nSPS) is 12.0. The summed E-state index contributed by atoms with van der Waals surface area (Å²) < 4.78 is 30.6. The van der Waals surface area contributed by atoms with E-state index in [1.807, 2.05) is 30.3 Å². The van der Waals surface area contributed by atoms with Crippen LogP contribution in [0.1, 0.15) is 17.2 Å². The summed E-state index contributed by atoms with van der Waals surface area (Å²) in [6, 6.07) is 15.1. The number of aryl methyl sites for hydroxylation is 1. The Morgan fingerprint density at radius 2 is 1.82 bits per heavy atom. The third-order valence-electron chi connectivity index (χ3n) is 3.79. The molecule has 3 rings (SSSR count). The summed E-state index contributed by atoms with van der Waals surface area (Å²) in [7, 11) is 1.69. The molecule has 146 valence electrons. The highest BCUT2D eigenvalue weighted by molar-refractivity contribution is 7.99. The van der Waals surface area contributed by atoms with Crippen molar-refractivity contribution < 1.29 is 18.3 Å². The van der Waals surface area contributed by atoms with Gasteiger partial charge < -0.3 is 10.1 Å². The van der Waals surface area contributed by atoms with Gasteiger partial charge in [-0.2, -0.15) is 8.78 Å². The van der Waals surface area contributed by atoms with Gasteiger partial charge in [0.25, 0.3) is 0 Å². The number of rotatable bonds is 8. The standard InChI is InChI=1S/C18H17F2N5O2S/c1-25-18(22-23-24-25)28-11-15(26)21-16(12-5-3-2-4-6-12)13-7-9-14(10-8-13)27-17(19)20/h2-10,16-17H,11H2,1H3,(H,21,26)/t16-/m0/s1. The highest BCUT2D eigenvalue weighted by Crippen LogP contribution is 2.25. The fourth-order valence-corrected chi connectivity index (χ4v) is 3.18. The van der Waals surface area contributed by atoms with Gasteiger partial charge in [0, 0.05) is 7.05 Å². The summed E-state index contributed by atoms with van der Waals surface area (Å²) in [5, 5.41) is 14.6. The van der Waals surface area contributed by atoms with E-state index in [0.29, 0.717) is 5.16 Å². The van der Waals surface area contributed by atoms with Gasteiger partial charge in [0.1, 0.15) is 5.75 Å². The van der Waals surface area contributed by atoms with Gasteiger partial charge in [0.2, 0.25) is 11.1 Å². The molecule has 0 aliphatic heterocycles. The summed E-state index contributed by atoms with van der Waals surface area (Å²) in [6.45, 7) is -2.89. The number of thioether (sulfide) groups is 1.